The van der Waals surface area contributed by atoms with Gasteiger partial charge in [-0.25, -0.2) is 14.7 Å². The zero-order chi connectivity index (χ0) is 30.4. The maximum absolute atomic E-state index is 13.7. The smallest absolute Gasteiger partial charge is 0.330 e. The van der Waals surface area contributed by atoms with Gasteiger partial charge < -0.3 is 30.1 Å². The Morgan fingerprint density at radius 1 is 1.14 bits per heavy atom. The van der Waals surface area contributed by atoms with Crippen LogP contribution in [-0.2, 0) is 11.3 Å². The predicted molar refractivity (Wildman–Crippen MR) is 168 cm³/mol. The zero-order valence-corrected chi connectivity index (χ0v) is 25.2. The third-order valence-corrected chi connectivity index (χ3v) is 6.78. The first-order chi connectivity index (χ1) is 20.1. The average Bonchev–Trinajstić information content (AvgIpc) is 2.96. The maximum atomic E-state index is 13.7. The van der Waals surface area contributed by atoms with Crippen LogP contribution in [0, 0.1) is 5.92 Å². The molecule has 1 aliphatic rings. The second-order valence-corrected chi connectivity index (χ2v) is 10.9. The summed E-state index contributed by atoms with van der Waals surface area (Å²) in [6.45, 7) is 10.3. The van der Waals surface area contributed by atoms with E-state index in [2.05, 4.69) is 40.9 Å². The van der Waals surface area contributed by atoms with E-state index in [0.29, 0.717) is 41.9 Å². The van der Waals surface area contributed by atoms with Gasteiger partial charge in [0.15, 0.2) is 5.82 Å². The van der Waals surface area contributed by atoms with Gasteiger partial charge in [-0.3, -0.25) is 4.79 Å². The monoisotopic (exact) mass is 572 g/mol. The van der Waals surface area contributed by atoms with Crippen LogP contribution >= 0.6 is 0 Å². The third kappa shape index (κ3) is 6.98. The summed E-state index contributed by atoms with van der Waals surface area (Å²) in [5.41, 5.74) is 3.48. The number of benzene rings is 2. The van der Waals surface area contributed by atoms with E-state index in [1.165, 1.54) is 6.08 Å². The lowest BCUT2D eigenvalue weighted by Crippen LogP contribution is -2.46. The minimum atomic E-state index is -0.332. The summed E-state index contributed by atoms with van der Waals surface area (Å²) >= 11 is 0. The molecule has 2 heterocycles. The number of hydrogen-bond acceptors (Lipinski definition) is 8. The predicted octanol–water partition coefficient (Wildman–Crippen LogP) is 5.08. The van der Waals surface area contributed by atoms with Crippen molar-refractivity contribution in [3.05, 3.63) is 66.9 Å². The molecule has 0 saturated carbocycles. The van der Waals surface area contributed by atoms with E-state index in [4.69, 9.17) is 9.72 Å². The maximum Gasteiger partial charge on any atom is 0.330 e. The van der Waals surface area contributed by atoms with Crippen molar-refractivity contribution in [1.29, 1.82) is 0 Å². The van der Waals surface area contributed by atoms with Crippen molar-refractivity contribution in [3.8, 4) is 5.75 Å². The van der Waals surface area contributed by atoms with Crippen molar-refractivity contribution in [2.24, 2.45) is 5.92 Å². The molecule has 2 N–H and O–H groups in total. The number of carbonyl (C=O) groups is 2. The van der Waals surface area contributed by atoms with Crippen molar-refractivity contribution >= 4 is 46.5 Å². The molecule has 11 nitrogen and oxygen atoms in total. The molecule has 0 atom stereocenters. The first-order valence-corrected chi connectivity index (χ1v) is 13.9. The van der Waals surface area contributed by atoms with Gasteiger partial charge in [-0.05, 0) is 44.3 Å². The van der Waals surface area contributed by atoms with Gasteiger partial charge in [-0.1, -0.05) is 38.6 Å². The number of ether oxygens (including phenoxy) is 1. The van der Waals surface area contributed by atoms with Gasteiger partial charge in [0.05, 0.1) is 36.4 Å². The Kier molecular flexibility index (Phi) is 9.64. The molecule has 3 amide bonds. The Morgan fingerprint density at radius 2 is 1.88 bits per heavy atom. The standard InChI is InChI=1S/C31H40N8O3/c1-8-28(40)33-24-16-25(27(42-7)17-26(24)37(6)15-14-36(4)5)34-30-32-18-22-20-38(19-21(2)3)31(41)39(29(22)35-30)23-12-10-9-11-13-23/h8-13,16-18,21H,1,14-15,19-20H2,2-7H3,(H,33,40)(H,32,34,35). The quantitative estimate of drug-likeness (QED) is 0.290. The number of nitrogens with zero attached hydrogens (tertiary/aromatic N) is 6. The van der Waals surface area contributed by atoms with Gasteiger partial charge in [-0.15, -0.1) is 0 Å². The summed E-state index contributed by atoms with van der Waals surface area (Å²) in [5, 5.41) is 6.15. The number of rotatable bonds is 12. The highest BCUT2D eigenvalue weighted by atomic mass is 16.5. The number of carbonyl (C=O) groups excluding carboxylic acids is 2. The highest BCUT2D eigenvalue weighted by Crippen LogP contribution is 2.39. The topological polar surface area (TPSA) is 106 Å². The van der Waals surface area contributed by atoms with Crippen LogP contribution in [0.1, 0.15) is 19.4 Å². The average molecular weight is 573 g/mol. The summed E-state index contributed by atoms with van der Waals surface area (Å²) in [6, 6.07) is 13.0. The molecule has 0 spiro atoms. The lowest BCUT2D eigenvalue weighted by molar-refractivity contribution is -0.111. The van der Waals surface area contributed by atoms with Gasteiger partial charge in [0.1, 0.15) is 5.75 Å². The fourth-order valence-corrected chi connectivity index (χ4v) is 4.69. The van der Waals surface area contributed by atoms with E-state index < -0.39 is 0 Å². The fourth-order valence-electron chi connectivity index (χ4n) is 4.69. The van der Waals surface area contributed by atoms with Gasteiger partial charge in [0.2, 0.25) is 11.9 Å². The van der Waals surface area contributed by atoms with Gasteiger partial charge in [-0.2, -0.15) is 4.98 Å². The lowest BCUT2D eigenvalue weighted by atomic mass is 10.1. The summed E-state index contributed by atoms with van der Waals surface area (Å²) < 4.78 is 5.73. The van der Waals surface area contributed by atoms with Crippen molar-refractivity contribution in [3.63, 3.8) is 0 Å². The Balaban J connectivity index is 1.73. The molecule has 222 valence electrons. The molecule has 0 aliphatic carbocycles. The first kappa shape index (κ1) is 30.3. The van der Waals surface area contributed by atoms with Crippen LogP contribution in [0.4, 0.5) is 39.3 Å². The van der Waals surface area contributed by atoms with Crippen molar-refractivity contribution in [2.75, 3.05) is 68.3 Å². The third-order valence-electron chi connectivity index (χ3n) is 6.78. The van der Waals surface area contributed by atoms with E-state index in [1.807, 2.05) is 67.3 Å². The van der Waals surface area contributed by atoms with Crippen LogP contribution in [-0.4, -0.2) is 79.6 Å². The molecule has 0 bridgehead atoms. The van der Waals surface area contributed by atoms with Crippen molar-refractivity contribution in [2.45, 2.75) is 20.4 Å². The Hall–Kier alpha value is -4.64. The molecule has 0 saturated heterocycles. The summed E-state index contributed by atoms with van der Waals surface area (Å²) in [6.07, 6.45) is 2.97. The minimum Gasteiger partial charge on any atom is -0.494 e. The minimum absolute atomic E-state index is 0.135. The number of fused-ring (bicyclic) bond motifs is 1. The van der Waals surface area contributed by atoms with Crippen LogP contribution in [0.5, 0.6) is 5.75 Å². The van der Waals surface area contributed by atoms with Gasteiger partial charge >= 0.3 is 6.03 Å². The van der Waals surface area contributed by atoms with E-state index in [0.717, 1.165) is 30.0 Å². The zero-order valence-electron chi connectivity index (χ0n) is 25.2. The molecule has 0 unspecified atom stereocenters. The van der Waals surface area contributed by atoms with Crippen LogP contribution < -0.4 is 25.2 Å². The number of hydrogen-bond donors (Lipinski definition) is 2. The number of likely N-dealkylation sites (N-methyl/N-ethyl adjacent to an activating group) is 2. The highest BCUT2D eigenvalue weighted by molar-refractivity contribution is 6.02. The number of methoxy groups -OCH3 is 1. The Labute approximate surface area is 247 Å². The molecule has 3 aromatic rings. The summed E-state index contributed by atoms with van der Waals surface area (Å²) in [7, 11) is 7.56. The normalized spacial score (nSPS) is 12.8. The molecule has 11 heteroatoms. The molecular weight excluding hydrogens is 532 g/mol. The second-order valence-electron chi connectivity index (χ2n) is 10.9. The molecule has 2 aromatic carbocycles. The van der Waals surface area contributed by atoms with E-state index in [1.54, 1.807) is 24.3 Å². The van der Waals surface area contributed by atoms with E-state index in [-0.39, 0.29) is 17.9 Å². The molecule has 1 aromatic heterocycles. The molecular formula is C31H40N8O3. The highest BCUT2D eigenvalue weighted by Gasteiger charge is 2.33. The van der Waals surface area contributed by atoms with Crippen molar-refractivity contribution < 1.29 is 14.3 Å². The molecule has 1 aliphatic heterocycles. The number of para-hydroxylation sites is 1. The number of urea groups is 1. The summed E-state index contributed by atoms with van der Waals surface area (Å²) in [4.78, 5) is 43.0. The van der Waals surface area contributed by atoms with Crippen LogP contribution in [0.3, 0.4) is 0 Å². The Bertz CT molecular complexity index is 1430. The number of aromatic nitrogens is 2. The fraction of sp³-hybridized carbons (Fsp3) is 0.355. The molecule has 42 heavy (non-hydrogen) atoms. The molecule has 0 radical (unpaired) electrons. The van der Waals surface area contributed by atoms with Crippen LogP contribution in [0.2, 0.25) is 0 Å². The van der Waals surface area contributed by atoms with Crippen LogP contribution in [0.25, 0.3) is 0 Å². The van der Waals surface area contributed by atoms with E-state index in [9.17, 15) is 9.59 Å². The largest absolute Gasteiger partial charge is 0.494 e. The SMILES string of the molecule is C=CC(=O)Nc1cc(Nc2ncc3c(n2)N(c2ccccc2)C(=O)N(CC(C)C)C3)c(OC)cc1N(C)CCN(C)C. The number of anilines is 6. The Morgan fingerprint density at radius 3 is 2.52 bits per heavy atom. The molecule has 0 fully saturated rings. The van der Waals surface area contributed by atoms with Gasteiger partial charge in [0, 0.05) is 44.5 Å². The number of nitrogens with one attached hydrogen (secondary N) is 2. The van der Waals surface area contributed by atoms with Crippen molar-refractivity contribution in [1.82, 2.24) is 19.8 Å². The molecule has 4 rings (SSSR count). The first-order valence-electron chi connectivity index (χ1n) is 13.9. The number of amides is 3. The van der Waals surface area contributed by atoms with Gasteiger partial charge in [0.25, 0.3) is 0 Å². The van der Waals surface area contributed by atoms with Crippen LogP contribution in [0.15, 0.2) is 61.3 Å². The summed E-state index contributed by atoms with van der Waals surface area (Å²) in [5.74, 6) is 1.32. The van der Waals surface area contributed by atoms with E-state index >= 15 is 0 Å². The lowest BCUT2D eigenvalue weighted by Gasteiger charge is -2.36. The second kappa shape index (κ2) is 13.3.